The molecule has 0 saturated carbocycles. The molecule has 1 N–H and O–H groups in total. The maximum absolute atomic E-state index is 11.2. The second-order valence-corrected chi connectivity index (χ2v) is 3.54. The Morgan fingerprint density at radius 1 is 1.47 bits per heavy atom. The number of hydrogen-bond donors (Lipinski definition) is 1. The van der Waals surface area contributed by atoms with E-state index in [0.29, 0.717) is 18.8 Å². The summed E-state index contributed by atoms with van der Waals surface area (Å²) in [4.78, 5) is 11.2. The minimum atomic E-state index is 0.0641. The van der Waals surface area contributed by atoms with Gasteiger partial charge in [-0.25, -0.2) is 0 Å². The number of carbonyl (C=O) groups excluding carboxylic acids is 1. The number of nitrogens with one attached hydrogen (secondary N) is 1. The van der Waals surface area contributed by atoms with Crippen molar-refractivity contribution in [3.05, 3.63) is 12.4 Å². The molecule has 0 aliphatic rings. The zero-order valence-corrected chi connectivity index (χ0v) is 9.28. The third kappa shape index (κ3) is 5.37. The van der Waals surface area contributed by atoms with Gasteiger partial charge in [0.05, 0.1) is 6.20 Å². The van der Waals surface area contributed by atoms with E-state index < -0.39 is 0 Å². The SMILES string of the molecule is O=C(CCCCl)NCCCn1ccnn1. The Labute approximate surface area is 93.8 Å². The van der Waals surface area contributed by atoms with Crippen LogP contribution in [0.15, 0.2) is 12.4 Å². The highest BCUT2D eigenvalue weighted by Crippen LogP contribution is 1.92. The maximum atomic E-state index is 11.2. The lowest BCUT2D eigenvalue weighted by Gasteiger charge is -2.04. The monoisotopic (exact) mass is 230 g/mol. The van der Waals surface area contributed by atoms with Gasteiger partial charge in [0.15, 0.2) is 0 Å². The fourth-order valence-electron chi connectivity index (χ4n) is 1.14. The summed E-state index contributed by atoms with van der Waals surface area (Å²) in [5, 5.41) is 10.3. The number of aromatic nitrogens is 3. The van der Waals surface area contributed by atoms with Crippen molar-refractivity contribution in [2.45, 2.75) is 25.8 Å². The maximum Gasteiger partial charge on any atom is 0.220 e. The molecule has 0 aromatic carbocycles. The van der Waals surface area contributed by atoms with Gasteiger partial charge in [-0.15, -0.1) is 16.7 Å². The van der Waals surface area contributed by atoms with E-state index in [-0.39, 0.29) is 5.91 Å². The van der Waals surface area contributed by atoms with Crippen molar-refractivity contribution in [1.29, 1.82) is 0 Å². The molecule has 1 heterocycles. The van der Waals surface area contributed by atoms with Crippen LogP contribution >= 0.6 is 11.6 Å². The molecule has 6 heteroatoms. The molecule has 1 rings (SSSR count). The van der Waals surface area contributed by atoms with Gasteiger partial charge in [-0.3, -0.25) is 9.48 Å². The molecule has 0 aliphatic heterocycles. The van der Waals surface area contributed by atoms with Gasteiger partial charge in [0, 0.05) is 31.6 Å². The molecule has 1 aromatic rings. The van der Waals surface area contributed by atoms with E-state index in [2.05, 4.69) is 15.6 Å². The molecule has 15 heavy (non-hydrogen) atoms. The number of hydrogen-bond acceptors (Lipinski definition) is 3. The van der Waals surface area contributed by atoms with Gasteiger partial charge in [-0.2, -0.15) is 0 Å². The van der Waals surface area contributed by atoms with Crippen LogP contribution in [0.1, 0.15) is 19.3 Å². The van der Waals surface area contributed by atoms with Gasteiger partial charge in [0.25, 0.3) is 0 Å². The molecule has 0 atom stereocenters. The fraction of sp³-hybridized carbons (Fsp3) is 0.667. The normalized spacial score (nSPS) is 10.2. The van der Waals surface area contributed by atoms with E-state index >= 15 is 0 Å². The molecule has 0 bridgehead atoms. The van der Waals surface area contributed by atoms with Crippen molar-refractivity contribution >= 4 is 17.5 Å². The number of carbonyl (C=O) groups is 1. The Balaban J connectivity index is 1.99. The number of aryl methyl sites for hydroxylation is 1. The van der Waals surface area contributed by atoms with Crippen LogP contribution in [0.4, 0.5) is 0 Å². The summed E-state index contributed by atoms with van der Waals surface area (Å²) in [5.74, 6) is 0.598. The third-order valence-corrected chi connectivity index (χ3v) is 2.16. The first-order chi connectivity index (χ1) is 7.33. The van der Waals surface area contributed by atoms with Crippen LogP contribution in [0.3, 0.4) is 0 Å². The highest BCUT2D eigenvalue weighted by atomic mass is 35.5. The van der Waals surface area contributed by atoms with Gasteiger partial charge in [0.2, 0.25) is 5.91 Å². The zero-order chi connectivity index (χ0) is 10.9. The number of nitrogens with zero attached hydrogens (tertiary/aromatic N) is 3. The highest BCUT2D eigenvalue weighted by molar-refractivity contribution is 6.17. The van der Waals surface area contributed by atoms with Crippen LogP contribution in [-0.2, 0) is 11.3 Å². The van der Waals surface area contributed by atoms with Crippen molar-refractivity contribution in [2.75, 3.05) is 12.4 Å². The van der Waals surface area contributed by atoms with E-state index in [1.165, 1.54) is 0 Å². The molecule has 0 fully saturated rings. The lowest BCUT2D eigenvalue weighted by Crippen LogP contribution is -2.25. The average molecular weight is 231 g/mol. The van der Waals surface area contributed by atoms with Gasteiger partial charge in [-0.1, -0.05) is 5.21 Å². The summed E-state index contributed by atoms with van der Waals surface area (Å²) < 4.78 is 1.74. The number of alkyl halides is 1. The first-order valence-corrected chi connectivity index (χ1v) is 5.53. The van der Waals surface area contributed by atoms with Gasteiger partial charge in [0.1, 0.15) is 0 Å². The number of halogens is 1. The number of rotatable bonds is 7. The summed E-state index contributed by atoms with van der Waals surface area (Å²) in [6.07, 6.45) is 5.54. The molecule has 5 nitrogen and oxygen atoms in total. The molecular weight excluding hydrogens is 216 g/mol. The van der Waals surface area contributed by atoms with Gasteiger partial charge < -0.3 is 5.32 Å². The van der Waals surface area contributed by atoms with Crippen molar-refractivity contribution in [3.63, 3.8) is 0 Å². The molecule has 0 saturated heterocycles. The minimum absolute atomic E-state index is 0.0641. The van der Waals surface area contributed by atoms with Crippen LogP contribution < -0.4 is 5.32 Å². The van der Waals surface area contributed by atoms with Crippen molar-refractivity contribution < 1.29 is 4.79 Å². The smallest absolute Gasteiger partial charge is 0.220 e. The molecule has 0 aliphatic carbocycles. The van der Waals surface area contributed by atoms with Crippen molar-refractivity contribution in [3.8, 4) is 0 Å². The van der Waals surface area contributed by atoms with Gasteiger partial charge in [-0.05, 0) is 12.8 Å². The quantitative estimate of drug-likeness (QED) is 0.557. The van der Waals surface area contributed by atoms with Gasteiger partial charge >= 0.3 is 0 Å². The fourth-order valence-corrected chi connectivity index (χ4v) is 1.27. The number of amides is 1. The molecule has 1 amide bonds. The summed E-state index contributed by atoms with van der Waals surface area (Å²) in [6.45, 7) is 1.44. The molecule has 0 radical (unpaired) electrons. The van der Waals surface area contributed by atoms with Crippen LogP contribution in [-0.4, -0.2) is 33.3 Å². The van der Waals surface area contributed by atoms with Crippen LogP contribution in [0.25, 0.3) is 0 Å². The van der Waals surface area contributed by atoms with Crippen molar-refractivity contribution in [2.24, 2.45) is 0 Å². The standard InChI is InChI=1S/C9H15ClN4O/c10-4-1-3-9(15)11-5-2-7-14-8-6-12-13-14/h6,8H,1-5,7H2,(H,11,15). The van der Waals surface area contributed by atoms with E-state index in [4.69, 9.17) is 11.6 Å². The van der Waals surface area contributed by atoms with Crippen LogP contribution in [0.2, 0.25) is 0 Å². The lowest BCUT2D eigenvalue weighted by molar-refractivity contribution is -0.121. The third-order valence-electron chi connectivity index (χ3n) is 1.90. The minimum Gasteiger partial charge on any atom is -0.356 e. The topological polar surface area (TPSA) is 59.8 Å². The second kappa shape index (κ2) is 7.23. The largest absolute Gasteiger partial charge is 0.356 e. The summed E-state index contributed by atoms with van der Waals surface area (Å²) in [7, 11) is 0. The van der Waals surface area contributed by atoms with Crippen LogP contribution in [0.5, 0.6) is 0 Å². The van der Waals surface area contributed by atoms with E-state index in [0.717, 1.165) is 19.4 Å². The average Bonchev–Trinajstić information content (AvgIpc) is 2.74. The van der Waals surface area contributed by atoms with E-state index in [1.54, 1.807) is 17.1 Å². The molecular formula is C9H15ClN4O. The highest BCUT2D eigenvalue weighted by Gasteiger charge is 1.99. The Kier molecular flexibility index (Phi) is 5.77. The molecule has 84 valence electrons. The summed E-state index contributed by atoms with van der Waals surface area (Å²) in [6, 6.07) is 0. The first kappa shape index (κ1) is 12.0. The Morgan fingerprint density at radius 3 is 3.00 bits per heavy atom. The Bertz CT molecular complexity index is 276. The Hall–Kier alpha value is -1.10. The van der Waals surface area contributed by atoms with E-state index in [9.17, 15) is 4.79 Å². The van der Waals surface area contributed by atoms with E-state index in [1.807, 2.05) is 0 Å². The van der Waals surface area contributed by atoms with Crippen molar-refractivity contribution in [1.82, 2.24) is 20.3 Å². The second-order valence-electron chi connectivity index (χ2n) is 3.16. The molecule has 1 aromatic heterocycles. The predicted molar refractivity (Wildman–Crippen MR) is 57.6 cm³/mol. The predicted octanol–water partition coefficient (Wildman–Crippen LogP) is 0.803. The lowest BCUT2D eigenvalue weighted by atomic mass is 10.3. The molecule has 0 spiro atoms. The summed E-state index contributed by atoms with van der Waals surface area (Å²) in [5.41, 5.74) is 0. The zero-order valence-electron chi connectivity index (χ0n) is 8.53. The first-order valence-electron chi connectivity index (χ1n) is 4.99. The molecule has 0 unspecified atom stereocenters. The Morgan fingerprint density at radius 2 is 2.33 bits per heavy atom. The summed E-state index contributed by atoms with van der Waals surface area (Å²) >= 11 is 5.48. The van der Waals surface area contributed by atoms with Crippen LogP contribution in [0, 0.1) is 0 Å².